The van der Waals surface area contributed by atoms with Crippen LogP contribution < -0.4 is 0 Å². The molecule has 2 rings (SSSR count). The molecular weight excluding hydrogens is 220 g/mol. The molecule has 1 N–H and O–H groups in total. The van der Waals surface area contributed by atoms with Crippen LogP contribution in [-0.2, 0) is 12.8 Å². The highest BCUT2D eigenvalue weighted by atomic mass is 32.1. The van der Waals surface area contributed by atoms with Crippen molar-refractivity contribution in [1.29, 1.82) is 0 Å². The molecule has 1 aromatic rings. The van der Waals surface area contributed by atoms with Crippen LogP contribution in [0.3, 0.4) is 0 Å². The van der Waals surface area contributed by atoms with Crippen molar-refractivity contribution in [1.82, 2.24) is 9.88 Å². The summed E-state index contributed by atoms with van der Waals surface area (Å²) in [6, 6.07) is 0.668. The Hall–Kier alpha value is -0.450. The number of likely N-dealkylation sites (N-methyl/N-ethyl adjacent to an activating group) is 1. The third-order valence-electron chi connectivity index (χ3n) is 3.29. The van der Waals surface area contributed by atoms with Crippen molar-refractivity contribution in [2.24, 2.45) is 0 Å². The SMILES string of the molecule is CN1CCCCC1Cc1ncc(CCO)s1. The fourth-order valence-electron chi connectivity index (χ4n) is 2.27. The van der Waals surface area contributed by atoms with Crippen LogP contribution in [0.4, 0.5) is 0 Å². The van der Waals surface area contributed by atoms with E-state index in [1.165, 1.54) is 35.7 Å². The molecule has 1 saturated heterocycles. The number of thiazole rings is 1. The predicted octanol–water partition coefficient (Wildman–Crippen LogP) is 1.70. The van der Waals surface area contributed by atoms with E-state index in [2.05, 4.69) is 16.9 Å². The van der Waals surface area contributed by atoms with E-state index in [0.29, 0.717) is 6.04 Å². The number of aromatic nitrogens is 1. The van der Waals surface area contributed by atoms with Crippen molar-refractivity contribution in [2.45, 2.75) is 38.1 Å². The van der Waals surface area contributed by atoms with Gasteiger partial charge in [-0.1, -0.05) is 6.42 Å². The van der Waals surface area contributed by atoms with Gasteiger partial charge in [0, 0.05) is 36.6 Å². The summed E-state index contributed by atoms with van der Waals surface area (Å²) in [6.07, 6.45) is 7.72. The van der Waals surface area contributed by atoms with Crippen LogP contribution in [0.1, 0.15) is 29.1 Å². The van der Waals surface area contributed by atoms with E-state index in [-0.39, 0.29) is 6.61 Å². The number of hydrogen-bond acceptors (Lipinski definition) is 4. The minimum Gasteiger partial charge on any atom is -0.396 e. The second-order valence-electron chi connectivity index (χ2n) is 4.53. The third-order valence-corrected chi connectivity index (χ3v) is 4.37. The van der Waals surface area contributed by atoms with E-state index in [1.54, 1.807) is 11.3 Å². The molecule has 0 radical (unpaired) electrons. The molecule has 1 atom stereocenters. The van der Waals surface area contributed by atoms with Gasteiger partial charge in [-0.3, -0.25) is 0 Å². The molecule has 16 heavy (non-hydrogen) atoms. The standard InChI is InChI=1S/C12H20N2OS/c1-14-6-3-2-4-10(14)8-12-13-9-11(16-12)5-7-15/h9-10,15H,2-8H2,1H3. The first kappa shape index (κ1) is 12.0. The molecule has 1 unspecified atom stereocenters. The molecule has 4 heteroatoms. The fraction of sp³-hybridized carbons (Fsp3) is 0.750. The molecule has 0 spiro atoms. The maximum Gasteiger partial charge on any atom is 0.0943 e. The van der Waals surface area contributed by atoms with Crippen LogP contribution in [-0.4, -0.2) is 41.2 Å². The lowest BCUT2D eigenvalue weighted by Gasteiger charge is -2.31. The van der Waals surface area contributed by atoms with E-state index in [9.17, 15) is 0 Å². The zero-order valence-corrected chi connectivity index (χ0v) is 10.7. The number of hydrogen-bond donors (Lipinski definition) is 1. The summed E-state index contributed by atoms with van der Waals surface area (Å²) in [5.74, 6) is 0. The van der Waals surface area contributed by atoms with E-state index < -0.39 is 0 Å². The third kappa shape index (κ3) is 3.03. The number of nitrogens with zero attached hydrogens (tertiary/aromatic N) is 2. The van der Waals surface area contributed by atoms with Gasteiger partial charge in [0.25, 0.3) is 0 Å². The molecule has 1 aliphatic rings. The molecule has 0 aromatic carbocycles. The summed E-state index contributed by atoms with van der Waals surface area (Å²) >= 11 is 1.76. The highest BCUT2D eigenvalue weighted by Gasteiger charge is 2.20. The van der Waals surface area contributed by atoms with Crippen molar-refractivity contribution >= 4 is 11.3 Å². The second-order valence-corrected chi connectivity index (χ2v) is 5.73. The van der Waals surface area contributed by atoms with Crippen molar-refractivity contribution in [3.63, 3.8) is 0 Å². The smallest absolute Gasteiger partial charge is 0.0943 e. The van der Waals surface area contributed by atoms with Gasteiger partial charge in [0.1, 0.15) is 0 Å². The average Bonchev–Trinajstić information content (AvgIpc) is 2.70. The first-order valence-electron chi connectivity index (χ1n) is 6.04. The summed E-state index contributed by atoms with van der Waals surface area (Å²) in [5.41, 5.74) is 0. The molecule has 0 aliphatic carbocycles. The molecule has 0 saturated carbocycles. The van der Waals surface area contributed by atoms with Gasteiger partial charge < -0.3 is 10.0 Å². The first-order chi connectivity index (χ1) is 7.79. The Kier molecular flexibility index (Phi) is 4.32. The fourth-order valence-corrected chi connectivity index (χ4v) is 3.25. The van der Waals surface area contributed by atoms with Crippen molar-refractivity contribution in [2.75, 3.05) is 20.2 Å². The first-order valence-corrected chi connectivity index (χ1v) is 6.86. The second kappa shape index (κ2) is 5.75. The molecule has 0 bridgehead atoms. The van der Waals surface area contributed by atoms with Gasteiger partial charge >= 0.3 is 0 Å². The zero-order chi connectivity index (χ0) is 11.4. The molecule has 90 valence electrons. The van der Waals surface area contributed by atoms with Crippen molar-refractivity contribution in [3.8, 4) is 0 Å². The highest BCUT2D eigenvalue weighted by Crippen LogP contribution is 2.22. The maximum atomic E-state index is 8.86. The quantitative estimate of drug-likeness (QED) is 0.870. The van der Waals surface area contributed by atoms with Crippen LogP contribution in [0.25, 0.3) is 0 Å². The Morgan fingerprint density at radius 1 is 1.56 bits per heavy atom. The van der Waals surface area contributed by atoms with Gasteiger partial charge in [0.2, 0.25) is 0 Å². The zero-order valence-electron chi connectivity index (χ0n) is 9.85. The maximum absolute atomic E-state index is 8.86. The topological polar surface area (TPSA) is 36.4 Å². The van der Waals surface area contributed by atoms with Crippen LogP contribution in [0.15, 0.2) is 6.20 Å². The molecular formula is C12H20N2OS. The molecule has 1 aromatic heterocycles. The lowest BCUT2D eigenvalue weighted by atomic mass is 10.0. The Morgan fingerprint density at radius 2 is 2.44 bits per heavy atom. The number of aliphatic hydroxyl groups excluding tert-OH is 1. The molecule has 1 fully saturated rings. The van der Waals surface area contributed by atoms with Crippen LogP contribution in [0.5, 0.6) is 0 Å². The Labute approximate surface area is 101 Å². The highest BCUT2D eigenvalue weighted by molar-refractivity contribution is 7.11. The number of likely N-dealkylation sites (tertiary alicyclic amines) is 1. The largest absolute Gasteiger partial charge is 0.396 e. The Bertz CT molecular complexity index is 327. The summed E-state index contributed by atoms with van der Waals surface area (Å²) < 4.78 is 0. The van der Waals surface area contributed by atoms with Gasteiger partial charge in [0.05, 0.1) is 5.01 Å². The molecule has 2 heterocycles. The lowest BCUT2D eigenvalue weighted by molar-refractivity contribution is 0.184. The van der Waals surface area contributed by atoms with Crippen LogP contribution in [0, 0.1) is 0 Å². The molecule has 0 amide bonds. The van der Waals surface area contributed by atoms with E-state index in [0.717, 1.165) is 12.8 Å². The average molecular weight is 240 g/mol. The van der Waals surface area contributed by atoms with Crippen molar-refractivity contribution < 1.29 is 5.11 Å². The lowest BCUT2D eigenvalue weighted by Crippen LogP contribution is -2.37. The Balaban J connectivity index is 1.91. The summed E-state index contributed by atoms with van der Waals surface area (Å²) in [6.45, 7) is 1.45. The van der Waals surface area contributed by atoms with E-state index in [4.69, 9.17) is 5.11 Å². The monoisotopic (exact) mass is 240 g/mol. The van der Waals surface area contributed by atoms with Gasteiger partial charge in [-0.25, -0.2) is 4.98 Å². The number of rotatable bonds is 4. The Morgan fingerprint density at radius 3 is 3.19 bits per heavy atom. The molecule has 3 nitrogen and oxygen atoms in total. The predicted molar refractivity (Wildman–Crippen MR) is 66.9 cm³/mol. The van der Waals surface area contributed by atoms with E-state index >= 15 is 0 Å². The van der Waals surface area contributed by atoms with Crippen LogP contribution >= 0.6 is 11.3 Å². The summed E-state index contributed by atoms with van der Waals surface area (Å²) in [5, 5.41) is 10.1. The van der Waals surface area contributed by atoms with Crippen LogP contribution in [0.2, 0.25) is 0 Å². The summed E-state index contributed by atoms with van der Waals surface area (Å²) in [4.78, 5) is 8.10. The minimum absolute atomic E-state index is 0.227. The number of piperidine rings is 1. The van der Waals surface area contributed by atoms with Gasteiger partial charge in [-0.05, 0) is 26.4 Å². The van der Waals surface area contributed by atoms with Gasteiger partial charge in [-0.15, -0.1) is 11.3 Å². The van der Waals surface area contributed by atoms with Crippen molar-refractivity contribution in [3.05, 3.63) is 16.1 Å². The van der Waals surface area contributed by atoms with Gasteiger partial charge in [0.15, 0.2) is 0 Å². The molecule has 1 aliphatic heterocycles. The number of aliphatic hydroxyl groups is 1. The van der Waals surface area contributed by atoms with Gasteiger partial charge in [-0.2, -0.15) is 0 Å². The van der Waals surface area contributed by atoms with E-state index in [1.807, 2.05) is 6.20 Å². The minimum atomic E-state index is 0.227. The summed E-state index contributed by atoms with van der Waals surface area (Å²) in [7, 11) is 2.21. The normalized spacial score (nSPS) is 22.5.